The number of carbonyl (C=O) groups is 3. The number of carboxylic acids is 1. The van der Waals surface area contributed by atoms with E-state index in [9.17, 15) is 14.4 Å². The Morgan fingerprint density at radius 1 is 1.36 bits per heavy atom. The molecular formula is C20H27N3O5. The van der Waals surface area contributed by atoms with Crippen LogP contribution in [0.3, 0.4) is 0 Å². The molecule has 8 heteroatoms. The fourth-order valence-corrected chi connectivity index (χ4v) is 3.49. The van der Waals surface area contributed by atoms with Gasteiger partial charge in [-0.05, 0) is 37.6 Å². The van der Waals surface area contributed by atoms with Gasteiger partial charge in [0, 0.05) is 36.8 Å². The minimum atomic E-state index is -0.898. The van der Waals surface area contributed by atoms with E-state index in [1.54, 1.807) is 41.1 Å². The summed E-state index contributed by atoms with van der Waals surface area (Å²) in [5.41, 5.74) is 1.14. The number of amides is 2. The number of morpholine rings is 1. The summed E-state index contributed by atoms with van der Waals surface area (Å²) in [5.74, 6) is -0.516. The van der Waals surface area contributed by atoms with Gasteiger partial charge in [0.25, 0.3) is 5.91 Å². The molecule has 1 heterocycles. The zero-order chi connectivity index (χ0) is 20.3. The van der Waals surface area contributed by atoms with E-state index in [0.29, 0.717) is 43.4 Å². The van der Waals surface area contributed by atoms with Gasteiger partial charge in [-0.1, -0.05) is 13.0 Å². The third kappa shape index (κ3) is 5.30. The highest BCUT2D eigenvalue weighted by Gasteiger charge is 2.39. The number of hydrogen-bond donors (Lipinski definition) is 2. The molecule has 3 atom stereocenters. The summed E-state index contributed by atoms with van der Waals surface area (Å²) in [6.07, 6.45) is 0.678. The number of likely N-dealkylation sites (N-methyl/N-ethyl adjacent to an activating group) is 1. The number of nitrogens with one attached hydrogen (secondary N) is 1. The molecule has 1 saturated heterocycles. The van der Waals surface area contributed by atoms with Crippen molar-refractivity contribution in [3.63, 3.8) is 0 Å². The number of ether oxygens (including phenoxy) is 1. The fourth-order valence-electron chi connectivity index (χ4n) is 3.49. The molecule has 3 rings (SSSR count). The van der Waals surface area contributed by atoms with E-state index in [1.165, 1.54) is 0 Å². The molecule has 1 aliphatic heterocycles. The summed E-state index contributed by atoms with van der Waals surface area (Å²) in [4.78, 5) is 39.2. The van der Waals surface area contributed by atoms with Crippen molar-refractivity contribution in [2.75, 3.05) is 45.2 Å². The SMILES string of the molecule is CC1CC1C(=O)Nc1cccc(C(=O)N2CCOC(CN(C)CC(=O)O)C2)c1. The smallest absolute Gasteiger partial charge is 0.317 e. The Morgan fingerprint density at radius 2 is 2.11 bits per heavy atom. The quantitative estimate of drug-likeness (QED) is 0.726. The summed E-state index contributed by atoms with van der Waals surface area (Å²) in [6.45, 7) is 3.70. The molecule has 1 saturated carbocycles. The van der Waals surface area contributed by atoms with Crippen molar-refractivity contribution in [3.05, 3.63) is 29.8 Å². The van der Waals surface area contributed by atoms with Gasteiger partial charge in [-0.3, -0.25) is 19.3 Å². The molecule has 1 aromatic rings. The van der Waals surface area contributed by atoms with Crippen LogP contribution >= 0.6 is 0 Å². The number of nitrogens with zero attached hydrogens (tertiary/aromatic N) is 2. The number of anilines is 1. The molecule has 2 N–H and O–H groups in total. The van der Waals surface area contributed by atoms with E-state index in [1.807, 2.05) is 6.92 Å². The van der Waals surface area contributed by atoms with Crippen molar-refractivity contribution in [3.8, 4) is 0 Å². The molecule has 8 nitrogen and oxygen atoms in total. The molecule has 0 radical (unpaired) electrons. The van der Waals surface area contributed by atoms with Crippen LogP contribution in [0.15, 0.2) is 24.3 Å². The van der Waals surface area contributed by atoms with Crippen LogP contribution in [0.4, 0.5) is 5.69 Å². The van der Waals surface area contributed by atoms with Gasteiger partial charge >= 0.3 is 5.97 Å². The predicted octanol–water partition coefficient (Wildman–Crippen LogP) is 1.14. The second-order valence-corrected chi connectivity index (χ2v) is 7.72. The number of rotatable bonds is 7. The highest BCUT2D eigenvalue weighted by atomic mass is 16.5. The van der Waals surface area contributed by atoms with Crippen LogP contribution in [0.2, 0.25) is 0 Å². The monoisotopic (exact) mass is 389 g/mol. The van der Waals surface area contributed by atoms with Gasteiger partial charge in [0.05, 0.1) is 19.3 Å². The molecule has 0 spiro atoms. The van der Waals surface area contributed by atoms with E-state index in [2.05, 4.69) is 5.32 Å². The summed E-state index contributed by atoms with van der Waals surface area (Å²) in [6, 6.07) is 6.98. The number of carbonyl (C=O) groups excluding carboxylic acids is 2. The average molecular weight is 389 g/mol. The number of hydrogen-bond acceptors (Lipinski definition) is 5. The minimum Gasteiger partial charge on any atom is -0.480 e. The first-order valence-electron chi connectivity index (χ1n) is 9.55. The molecule has 3 unspecified atom stereocenters. The van der Waals surface area contributed by atoms with E-state index in [0.717, 1.165) is 6.42 Å². The van der Waals surface area contributed by atoms with E-state index >= 15 is 0 Å². The maximum absolute atomic E-state index is 12.9. The van der Waals surface area contributed by atoms with Crippen LogP contribution in [0.5, 0.6) is 0 Å². The lowest BCUT2D eigenvalue weighted by Crippen LogP contribution is -2.49. The normalized spacial score (nSPS) is 24.1. The van der Waals surface area contributed by atoms with E-state index < -0.39 is 5.97 Å². The van der Waals surface area contributed by atoms with Gasteiger partial charge in [0.2, 0.25) is 5.91 Å². The fraction of sp³-hybridized carbons (Fsp3) is 0.550. The van der Waals surface area contributed by atoms with Crippen molar-refractivity contribution < 1.29 is 24.2 Å². The maximum atomic E-state index is 12.9. The minimum absolute atomic E-state index is 0.00463. The topological polar surface area (TPSA) is 99.2 Å². The van der Waals surface area contributed by atoms with Crippen LogP contribution in [0.25, 0.3) is 0 Å². The van der Waals surface area contributed by atoms with E-state index in [-0.39, 0.29) is 30.4 Å². The summed E-state index contributed by atoms with van der Waals surface area (Å²) in [7, 11) is 1.71. The molecule has 28 heavy (non-hydrogen) atoms. The molecule has 152 valence electrons. The van der Waals surface area contributed by atoms with Gasteiger partial charge in [0.1, 0.15) is 0 Å². The first-order chi connectivity index (χ1) is 13.3. The van der Waals surface area contributed by atoms with Gasteiger partial charge in [-0.15, -0.1) is 0 Å². The van der Waals surface area contributed by atoms with Crippen molar-refractivity contribution in [1.82, 2.24) is 9.80 Å². The lowest BCUT2D eigenvalue weighted by atomic mass is 10.1. The molecule has 0 bridgehead atoms. The number of benzene rings is 1. The number of carboxylic acid groups (broad SMARTS) is 1. The van der Waals surface area contributed by atoms with Crippen molar-refractivity contribution in [2.45, 2.75) is 19.4 Å². The van der Waals surface area contributed by atoms with Crippen LogP contribution in [-0.2, 0) is 14.3 Å². The Morgan fingerprint density at radius 3 is 2.79 bits per heavy atom. The van der Waals surface area contributed by atoms with Gasteiger partial charge in [0.15, 0.2) is 0 Å². The molecule has 1 aromatic carbocycles. The molecule has 1 aliphatic carbocycles. The first kappa shape index (κ1) is 20.3. The second kappa shape index (κ2) is 8.70. The summed E-state index contributed by atoms with van der Waals surface area (Å²) >= 11 is 0. The van der Waals surface area contributed by atoms with Crippen LogP contribution in [0, 0.1) is 11.8 Å². The molecule has 2 fully saturated rings. The van der Waals surface area contributed by atoms with Crippen LogP contribution < -0.4 is 5.32 Å². The molecule has 0 aromatic heterocycles. The van der Waals surface area contributed by atoms with E-state index in [4.69, 9.17) is 9.84 Å². The Bertz CT molecular complexity index is 753. The second-order valence-electron chi connectivity index (χ2n) is 7.72. The highest BCUT2D eigenvalue weighted by molar-refractivity contribution is 5.98. The largest absolute Gasteiger partial charge is 0.480 e. The average Bonchev–Trinajstić information content (AvgIpc) is 3.38. The summed E-state index contributed by atoms with van der Waals surface area (Å²) in [5, 5.41) is 11.8. The number of aliphatic carboxylic acids is 1. The molecule has 2 amide bonds. The Hall–Kier alpha value is -2.45. The van der Waals surface area contributed by atoms with Crippen LogP contribution in [-0.4, -0.2) is 78.6 Å². The Kier molecular flexibility index (Phi) is 6.31. The maximum Gasteiger partial charge on any atom is 0.317 e. The van der Waals surface area contributed by atoms with Crippen molar-refractivity contribution >= 4 is 23.5 Å². The summed E-state index contributed by atoms with van der Waals surface area (Å²) < 4.78 is 5.68. The lowest BCUT2D eigenvalue weighted by Gasteiger charge is -2.34. The van der Waals surface area contributed by atoms with Crippen LogP contribution in [0.1, 0.15) is 23.7 Å². The highest BCUT2D eigenvalue weighted by Crippen LogP contribution is 2.38. The zero-order valence-corrected chi connectivity index (χ0v) is 16.3. The Labute approximate surface area is 164 Å². The van der Waals surface area contributed by atoms with Gasteiger partial charge in [-0.25, -0.2) is 0 Å². The third-order valence-corrected chi connectivity index (χ3v) is 5.17. The standard InChI is InChI=1S/C20H27N3O5/c1-13-8-17(13)19(26)21-15-5-3-4-14(9-15)20(27)23-6-7-28-16(11-23)10-22(2)12-18(24)25/h3-5,9,13,16-17H,6-8,10-12H2,1-2H3,(H,21,26)(H,24,25). The first-order valence-corrected chi connectivity index (χ1v) is 9.55. The zero-order valence-electron chi connectivity index (χ0n) is 16.3. The van der Waals surface area contributed by atoms with Crippen molar-refractivity contribution in [2.24, 2.45) is 11.8 Å². The predicted molar refractivity (Wildman–Crippen MR) is 103 cm³/mol. The third-order valence-electron chi connectivity index (χ3n) is 5.17. The Balaban J connectivity index is 1.59. The molecular weight excluding hydrogens is 362 g/mol. The van der Waals surface area contributed by atoms with Crippen molar-refractivity contribution in [1.29, 1.82) is 0 Å². The lowest BCUT2D eigenvalue weighted by molar-refractivity contribution is -0.138. The van der Waals surface area contributed by atoms with Gasteiger partial charge < -0.3 is 20.1 Å². The molecule has 2 aliphatic rings. The van der Waals surface area contributed by atoms with Gasteiger partial charge in [-0.2, -0.15) is 0 Å².